The zero-order valence-electron chi connectivity index (χ0n) is 14.2. The lowest BCUT2D eigenvalue weighted by Gasteiger charge is -2.43. The van der Waals surface area contributed by atoms with Crippen molar-refractivity contribution < 1.29 is 0 Å². The average molecular weight is 310 g/mol. The highest BCUT2D eigenvalue weighted by Gasteiger charge is 2.28. The molecule has 1 saturated heterocycles. The SMILES string of the molecule is CC1CN(c2cc(CCl)cc(C(C)(C)C)n2)CC(C)N1C. The van der Waals surface area contributed by atoms with Crippen LogP contribution in [0.15, 0.2) is 12.1 Å². The molecule has 0 radical (unpaired) electrons. The number of rotatable bonds is 2. The third kappa shape index (κ3) is 3.70. The quantitative estimate of drug-likeness (QED) is 0.777. The van der Waals surface area contributed by atoms with Crippen LogP contribution in [0.4, 0.5) is 5.82 Å². The van der Waals surface area contributed by atoms with Gasteiger partial charge < -0.3 is 4.90 Å². The van der Waals surface area contributed by atoms with Gasteiger partial charge in [0.05, 0.1) is 0 Å². The van der Waals surface area contributed by atoms with Crippen LogP contribution >= 0.6 is 11.6 Å². The van der Waals surface area contributed by atoms with Crippen LogP contribution < -0.4 is 4.90 Å². The number of likely N-dealkylation sites (N-methyl/N-ethyl adjacent to an activating group) is 1. The first-order valence-electron chi connectivity index (χ1n) is 7.76. The summed E-state index contributed by atoms with van der Waals surface area (Å²) in [6, 6.07) is 5.36. The number of hydrogen-bond donors (Lipinski definition) is 0. The largest absolute Gasteiger partial charge is 0.353 e. The maximum absolute atomic E-state index is 6.09. The Labute approximate surface area is 134 Å². The van der Waals surface area contributed by atoms with Gasteiger partial charge in [-0.1, -0.05) is 20.8 Å². The van der Waals surface area contributed by atoms with Crippen molar-refractivity contribution in [2.45, 2.75) is 58.0 Å². The Bertz CT molecular complexity index is 483. The third-order valence-corrected chi connectivity index (χ3v) is 4.79. The van der Waals surface area contributed by atoms with Crippen molar-refractivity contribution in [1.29, 1.82) is 0 Å². The number of hydrogen-bond acceptors (Lipinski definition) is 3. The van der Waals surface area contributed by atoms with Crippen LogP contribution in [0.5, 0.6) is 0 Å². The van der Waals surface area contributed by atoms with E-state index < -0.39 is 0 Å². The Balaban J connectivity index is 2.35. The van der Waals surface area contributed by atoms with Crippen molar-refractivity contribution in [1.82, 2.24) is 9.88 Å². The summed E-state index contributed by atoms with van der Waals surface area (Å²) in [5, 5.41) is 0. The molecule has 2 heterocycles. The normalized spacial score (nSPS) is 24.4. The van der Waals surface area contributed by atoms with E-state index in [0.717, 1.165) is 30.2 Å². The molecule has 0 spiro atoms. The van der Waals surface area contributed by atoms with E-state index in [4.69, 9.17) is 16.6 Å². The van der Waals surface area contributed by atoms with Crippen molar-refractivity contribution in [2.24, 2.45) is 0 Å². The summed E-state index contributed by atoms with van der Waals surface area (Å²) >= 11 is 6.09. The predicted molar refractivity (Wildman–Crippen MR) is 91.4 cm³/mol. The fraction of sp³-hybridized carbons (Fsp3) is 0.706. The van der Waals surface area contributed by atoms with Crippen molar-refractivity contribution in [3.63, 3.8) is 0 Å². The summed E-state index contributed by atoms with van der Waals surface area (Å²) in [4.78, 5) is 9.76. The molecule has 1 aliphatic rings. The Kier molecular flexibility index (Phi) is 4.84. The van der Waals surface area contributed by atoms with Gasteiger partial charge in [0.2, 0.25) is 0 Å². The summed E-state index contributed by atoms with van der Waals surface area (Å²) in [5.41, 5.74) is 2.32. The molecule has 2 rings (SSSR count). The highest BCUT2D eigenvalue weighted by molar-refractivity contribution is 6.17. The number of pyridine rings is 1. The van der Waals surface area contributed by atoms with Crippen molar-refractivity contribution in [3.8, 4) is 0 Å². The third-order valence-electron chi connectivity index (χ3n) is 4.48. The lowest BCUT2D eigenvalue weighted by Crippen LogP contribution is -2.55. The molecule has 4 heteroatoms. The molecule has 1 aliphatic heterocycles. The number of nitrogens with zero attached hydrogens (tertiary/aromatic N) is 3. The smallest absolute Gasteiger partial charge is 0.129 e. The van der Waals surface area contributed by atoms with Crippen molar-refractivity contribution >= 4 is 17.4 Å². The molecule has 0 N–H and O–H groups in total. The van der Waals surface area contributed by atoms with E-state index in [9.17, 15) is 0 Å². The molecule has 2 unspecified atom stereocenters. The fourth-order valence-electron chi connectivity index (χ4n) is 2.79. The molecule has 1 aromatic rings. The molecule has 0 amide bonds. The second-order valence-corrected chi connectivity index (χ2v) is 7.64. The molecule has 21 heavy (non-hydrogen) atoms. The molecule has 0 saturated carbocycles. The monoisotopic (exact) mass is 309 g/mol. The second-order valence-electron chi connectivity index (χ2n) is 7.37. The van der Waals surface area contributed by atoms with Crippen LogP contribution in [0.25, 0.3) is 0 Å². The summed E-state index contributed by atoms with van der Waals surface area (Å²) in [5.74, 6) is 1.61. The molecule has 0 aliphatic carbocycles. The van der Waals surface area contributed by atoms with Gasteiger partial charge >= 0.3 is 0 Å². The average Bonchev–Trinajstić information content (AvgIpc) is 2.42. The van der Waals surface area contributed by atoms with Crippen LogP contribution in [0.2, 0.25) is 0 Å². The fourth-order valence-corrected chi connectivity index (χ4v) is 2.94. The standard InChI is InChI=1S/C17H28ClN3/c1-12-10-21(11-13(2)20(12)6)16-8-14(9-18)7-15(19-16)17(3,4)5/h7-8,12-13H,9-11H2,1-6H3. The van der Waals surface area contributed by atoms with Gasteiger partial charge in [-0.2, -0.15) is 0 Å². The molecule has 0 bridgehead atoms. The van der Waals surface area contributed by atoms with E-state index >= 15 is 0 Å². The summed E-state index contributed by atoms with van der Waals surface area (Å²) in [6.07, 6.45) is 0. The van der Waals surface area contributed by atoms with E-state index in [1.54, 1.807) is 0 Å². The lowest BCUT2D eigenvalue weighted by molar-refractivity contribution is 0.169. The van der Waals surface area contributed by atoms with E-state index in [1.165, 1.54) is 0 Å². The van der Waals surface area contributed by atoms with Crippen LogP contribution in [0, 0.1) is 0 Å². The maximum Gasteiger partial charge on any atom is 0.129 e. The van der Waals surface area contributed by atoms with Crippen LogP contribution in [0.1, 0.15) is 45.9 Å². The van der Waals surface area contributed by atoms with Gasteiger partial charge in [-0.3, -0.25) is 4.90 Å². The minimum Gasteiger partial charge on any atom is -0.353 e. The number of anilines is 1. The lowest BCUT2D eigenvalue weighted by atomic mass is 9.91. The molecule has 0 aromatic carbocycles. The highest BCUT2D eigenvalue weighted by Crippen LogP contribution is 2.27. The molecule has 2 atom stereocenters. The van der Waals surface area contributed by atoms with Gasteiger partial charge in [0.15, 0.2) is 0 Å². The van der Waals surface area contributed by atoms with Crippen LogP contribution in [0.3, 0.4) is 0 Å². The van der Waals surface area contributed by atoms with Crippen LogP contribution in [-0.4, -0.2) is 42.1 Å². The van der Waals surface area contributed by atoms with Crippen molar-refractivity contribution in [3.05, 3.63) is 23.4 Å². The molecule has 118 valence electrons. The van der Waals surface area contributed by atoms with Crippen molar-refractivity contribution in [2.75, 3.05) is 25.0 Å². The first-order chi connectivity index (χ1) is 9.72. The summed E-state index contributed by atoms with van der Waals surface area (Å²) in [6.45, 7) is 13.2. The van der Waals surface area contributed by atoms with Gasteiger partial charge in [0, 0.05) is 42.2 Å². The highest BCUT2D eigenvalue weighted by atomic mass is 35.5. The van der Waals surface area contributed by atoms with E-state index in [2.05, 4.69) is 63.6 Å². The van der Waals surface area contributed by atoms with E-state index in [0.29, 0.717) is 18.0 Å². The summed E-state index contributed by atoms with van der Waals surface area (Å²) < 4.78 is 0. The Hall–Kier alpha value is -0.800. The maximum atomic E-state index is 6.09. The van der Waals surface area contributed by atoms with Gasteiger partial charge in [-0.25, -0.2) is 4.98 Å². The predicted octanol–water partition coefficient (Wildman–Crippen LogP) is 3.65. The van der Waals surface area contributed by atoms with E-state index in [1.807, 2.05) is 0 Å². The molecular weight excluding hydrogens is 282 g/mol. The Morgan fingerprint density at radius 2 is 1.76 bits per heavy atom. The van der Waals surface area contributed by atoms with E-state index in [-0.39, 0.29) is 5.41 Å². The van der Waals surface area contributed by atoms with Gasteiger partial charge in [0.1, 0.15) is 5.82 Å². The second kappa shape index (κ2) is 6.13. The topological polar surface area (TPSA) is 19.4 Å². The zero-order valence-corrected chi connectivity index (χ0v) is 14.9. The first kappa shape index (κ1) is 16.6. The number of alkyl halides is 1. The van der Waals surface area contributed by atoms with Gasteiger partial charge in [0.25, 0.3) is 0 Å². The molecule has 1 fully saturated rings. The Morgan fingerprint density at radius 1 is 1.19 bits per heavy atom. The summed E-state index contributed by atoms with van der Waals surface area (Å²) in [7, 11) is 2.20. The first-order valence-corrected chi connectivity index (χ1v) is 8.30. The van der Waals surface area contributed by atoms with Crippen LogP contribution in [-0.2, 0) is 11.3 Å². The molecule has 3 nitrogen and oxygen atoms in total. The van der Waals surface area contributed by atoms with Gasteiger partial charge in [-0.05, 0) is 38.6 Å². The zero-order chi connectivity index (χ0) is 15.8. The Morgan fingerprint density at radius 3 is 2.24 bits per heavy atom. The number of aromatic nitrogens is 1. The number of halogens is 1. The van der Waals surface area contributed by atoms with Gasteiger partial charge in [-0.15, -0.1) is 11.6 Å². The molecular formula is C17H28ClN3. The minimum atomic E-state index is 0.0423. The molecule has 1 aromatic heterocycles. The number of piperazine rings is 1. The minimum absolute atomic E-state index is 0.0423.